The van der Waals surface area contributed by atoms with Crippen molar-refractivity contribution in [2.24, 2.45) is 5.92 Å². The smallest absolute Gasteiger partial charge is 0.306 e. The molecule has 104 valence electrons. The number of carboxylic acids is 1. The van der Waals surface area contributed by atoms with Crippen molar-refractivity contribution in [2.75, 3.05) is 20.2 Å². The van der Waals surface area contributed by atoms with Crippen LogP contribution in [0.25, 0.3) is 0 Å². The molecule has 0 saturated carbocycles. The predicted octanol–water partition coefficient (Wildman–Crippen LogP) is -0.0196. The fourth-order valence-electron chi connectivity index (χ4n) is 2.08. The van der Waals surface area contributed by atoms with E-state index in [9.17, 15) is 9.59 Å². The number of rotatable bonds is 6. The number of ether oxygens (including phenoxy) is 1. The summed E-state index contributed by atoms with van der Waals surface area (Å²) in [4.78, 5) is 22.4. The van der Waals surface area contributed by atoms with E-state index in [1.165, 1.54) is 7.11 Å². The summed E-state index contributed by atoms with van der Waals surface area (Å²) >= 11 is 0. The lowest BCUT2D eigenvalue weighted by Crippen LogP contribution is -2.50. The number of carboxylic acid groups (broad SMARTS) is 1. The van der Waals surface area contributed by atoms with Gasteiger partial charge in [-0.3, -0.25) is 9.59 Å². The maximum absolute atomic E-state index is 11.9. The molecule has 1 amide bonds. The number of methoxy groups -OCH3 is 1. The third-order valence-corrected chi connectivity index (χ3v) is 3.22. The van der Waals surface area contributed by atoms with Gasteiger partial charge in [-0.15, -0.1) is 0 Å². The average molecular weight is 258 g/mol. The lowest BCUT2D eigenvalue weighted by molar-refractivity contribution is -0.140. The molecule has 0 spiro atoms. The first-order chi connectivity index (χ1) is 8.52. The number of piperidine rings is 1. The van der Waals surface area contributed by atoms with Gasteiger partial charge in [-0.2, -0.15) is 0 Å². The van der Waals surface area contributed by atoms with Gasteiger partial charge in [-0.1, -0.05) is 6.92 Å². The van der Waals surface area contributed by atoms with Crippen LogP contribution < -0.4 is 10.6 Å². The minimum absolute atomic E-state index is 0.0750. The highest BCUT2D eigenvalue weighted by Gasteiger charge is 2.25. The molecule has 0 aromatic rings. The molecule has 0 bridgehead atoms. The van der Waals surface area contributed by atoms with Crippen molar-refractivity contribution in [3.05, 3.63) is 0 Å². The molecule has 1 aliphatic rings. The number of carbonyl (C=O) groups is 2. The molecule has 3 atom stereocenters. The number of aliphatic carboxylic acids is 1. The highest BCUT2D eigenvalue weighted by Crippen LogP contribution is 2.14. The second kappa shape index (κ2) is 7.33. The van der Waals surface area contributed by atoms with Crippen LogP contribution in [-0.4, -0.2) is 49.3 Å². The van der Waals surface area contributed by atoms with Gasteiger partial charge in [-0.25, -0.2) is 0 Å². The van der Waals surface area contributed by atoms with E-state index < -0.39 is 12.1 Å². The van der Waals surface area contributed by atoms with E-state index in [0.29, 0.717) is 5.92 Å². The Labute approximate surface area is 107 Å². The Morgan fingerprint density at radius 3 is 2.83 bits per heavy atom. The van der Waals surface area contributed by atoms with Gasteiger partial charge in [0, 0.05) is 13.7 Å². The second-order valence-corrected chi connectivity index (χ2v) is 4.84. The first-order valence-electron chi connectivity index (χ1n) is 6.28. The molecule has 1 rings (SSSR count). The van der Waals surface area contributed by atoms with E-state index in [2.05, 4.69) is 17.6 Å². The van der Waals surface area contributed by atoms with Crippen LogP contribution in [0.2, 0.25) is 0 Å². The van der Waals surface area contributed by atoms with Gasteiger partial charge < -0.3 is 20.5 Å². The molecule has 1 saturated heterocycles. The Balaban J connectivity index is 2.32. The van der Waals surface area contributed by atoms with Crippen LogP contribution in [0.4, 0.5) is 0 Å². The fraction of sp³-hybridized carbons (Fsp3) is 0.833. The van der Waals surface area contributed by atoms with Crippen LogP contribution in [0, 0.1) is 5.92 Å². The Morgan fingerprint density at radius 2 is 2.28 bits per heavy atom. The first-order valence-corrected chi connectivity index (χ1v) is 6.28. The van der Waals surface area contributed by atoms with Gasteiger partial charge in [0.05, 0.1) is 18.6 Å². The molecule has 6 heteroatoms. The predicted molar refractivity (Wildman–Crippen MR) is 66.2 cm³/mol. The van der Waals surface area contributed by atoms with Crippen molar-refractivity contribution >= 4 is 11.9 Å². The van der Waals surface area contributed by atoms with E-state index in [0.717, 1.165) is 19.4 Å². The number of carbonyl (C=O) groups excluding carboxylic acids is 1. The minimum atomic E-state index is -0.930. The molecule has 1 fully saturated rings. The summed E-state index contributed by atoms with van der Waals surface area (Å²) in [7, 11) is 1.45. The molecule has 0 aliphatic carbocycles. The van der Waals surface area contributed by atoms with E-state index in [1.807, 2.05) is 0 Å². The molecule has 1 heterocycles. The third kappa shape index (κ3) is 5.01. The summed E-state index contributed by atoms with van der Waals surface area (Å²) in [6.07, 6.45) is 1.32. The Bertz CT molecular complexity index is 296. The van der Waals surface area contributed by atoms with Crippen LogP contribution >= 0.6 is 0 Å². The zero-order valence-electron chi connectivity index (χ0n) is 10.9. The van der Waals surface area contributed by atoms with Gasteiger partial charge in [-0.05, 0) is 25.3 Å². The molecular weight excluding hydrogens is 236 g/mol. The average Bonchev–Trinajstić information content (AvgIpc) is 2.33. The van der Waals surface area contributed by atoms with Crippen LogP contribution in [-0.2, 0) is 14.3 Å². The van der Waals surface area contributed by atoms with Gasteiger partial charge in [0.25, 0.3) is 0 Å². The van der Waals surface area contributed by atoms with Gasteiger partial charge in [0.2, 0.25) is 5.91 Å². The minimum Gasteiger partial charge on any atom is -0.481 e. The third-order valence-electron chi connectivity index (χ3n) is 3.22. The lowest BCUT2D eigenvalue weighted by atomic mass is 9.94. The topological polar surface area (TPSA) is 87.7 Å². The van der Waals surface area contributed by atoms with Crippen molar-refractivity contribution in [3.8, 4) is 0 Å². The quantitative estimate of drug-likeness (QED) is 0.623. The monoisotopic (exact) mass is 258 g/mol. The standard InChI is InChI=1S/C12H22N2O4/c1-8-3-4-13-10(5-8)12(17)14-7-9(18-2)6-11(15)16/h8-10,13H,3-7H2,1-2H3,(H,14,17)(H,15,16). The number of amides is 1. The molecule has 0 radical (unpaired) electrons. The van der Waals surface area contributed by atoms with Crippen molar-refractivity contribution < 1.29 is 19.4 Å². The molecule has 1 aliphatic heterocycles. The second-order valence-electron chi connectivity index (χ2n) is 4.84. The van der Waals surface area contributed by atoms with Crippen molar-refractivity contribution in [3.63, 3.8) is 0 Å². The van der Waals surface area contributed by atoms with Gasteiger partial charge in [0.1, 0.15) is 0 Å². The molecule has 3 unspecified atom stereocenters. The number of nitrogens with one attached hydrogen (secondary N) is 2. The molecule has 3 N–H and O–H groups in total. The molecule has 0 aromatic heterocycles. The van der Waals surface area contributed by atoms with Crippen molar-refractivity contribution in [1.29, 1.82) is 0 Å². The summed E-state index contributed by atoms with van der Waals surface area (Å²) in [6, 6.07) is -0.170. The SMILES string of the molecule is COC(CNC(=O)C1CC(C)CCN1)CC(=O)O. The van der Waals surface area contributed by atoms with Crippen LogP contribution in [0.1, 0.15) is 26.2 Å². The zero-order chi connectivity index (χ0) is 13.5. The van der Waals surface area contributed by atoms with Crippen LogP contribution in [0.5, 0.6) is 0 Å². The maximum atomic E-state index is 11.9. The van der Waals surface area contributed by atoms with Gasteiger partial charge in [0.15, 0.2) is 0 Å². The first kappa shape index (κ1) is 14.9. The van der Waals surface area contributed by atoms with Gasteiger partial charge >= 0.3 is 5.97 Å². The zero-order valence-corrected chi connectivity index (χ0v) is 10.9. The Hall–Kier alpha value is -1.14. The van der Waals surface area contributed by atoms with E-state index in [-0.39, 0.29) is 24.9 Å². The molecule has 0 aromatic carbocycles. The Kier molecular flexibility index (Phi) is 6.07. The highest BCUT2D eigenvalue weighted by molar-refractivity contribution is 5.81. The van der Waals surface area contributed by atoms with E-state index in [1.54, 1.807) is 0 Å². The number of hydrogen-bond donors (Lipinski definition) is 3. The molecule has 6 nitrogen and oxygen atoms in total. The number of hydrogen-bond acceptors (Lipinski definition) is 4. The summed E-state index contributed by atoms with van der Waals surface area (Å²) in [5, 5.41) is 14.6. The summed E-state index contributed by atoms with van der Waals surface area (Å²) in [5.41, 5.74) is 0. The maximum Gasteiger partial charge on any atom is 0.306 e. The van der Waals surface area contributed by atoms with Crippen LogP contribution in [0.3, 0.4) is 0 Å². The summed E-state index contributed by atoms with van der Waals surface area (Å²) in [6.45, 7) is 3.21. The largest absolute Gasteiger partial charge is 0.481 e. The summed E-state index contributed by atoms with van der Waals surface area (Å²) in [5.74, 6) is -0.464. The lowest BCUT2D eigenvalue weighted by Gasteiger charge is -2.27. The van der Waals surface area contributed by atoms with E-state index >= 15 is 0 Å². The fourth-order valence-corrected chi connectivity index (χ4v) is 2.08. The molecule has 18 heavy (non-hydrogen) atoms. The highest BCUT2D eigenvalue weighted by atomic mass is 16.5. The Morgan fingerprint density at radius 1 is 1.56 bits per heavy atom. The van der Waals surface area contributed by atoms with E-state index in [4.69, 9.17) is 9.84 Å². The van der Waals surface area contributed by atoms with Crippen molar-refractivity contribution in [2.45, 2.75) is 38.3 Å². The van der Waals surface area contributed by atoms with Crippen LogP contribution in [0.15, 0.2) is 0 Å². The van der Waals surface area contributed by atoms with Crippen molar-refractivity contribution in [1.82, 2.24) is 10.6 Å². The summed E-state index contributed by atoms with van der Waals surface area (Å²) < 4.78 is 5.00. The molecular formula is C12H22N2O4. The normalized spacial score (nSPS) is 25.4.